The van der Waals surface area contributed by atoms with E-state index in [1.54, 1.807) is 0 Å². The number of nitrogens with one attached hydrogen (secondary N) is 1. The number of aliphatic hydroxyl groups is 3. The minimum atomic E-state index is -1.24. The summed E-state index contributed by atoms with van der Waals surface area (Å²) in [6, 6.07) is -0.710. The van der Waals surface area contributed by atoms with Crippen LogP contribution in [0.15, 0.2) is 15.2 Å². The van der Waals surface area contributed by atoms with Crippen LogP contribution in [0.25, 0.3) is 0 Å². The van der Waals surface area contributed by atoms with Crippen molar-refractivity contribution in [2.24, 2.45) is 15.2 Å². The van der Waals surface area contributed by atoms with Gasteiger partial charge < -0.3 is 25.4 Å². The van der Waals surface area contributed by atoms with E-state index in [0.717, 1.165) is 0 Å². The lowest BCUT2D eigenvalue weighted by Gasteiger charge is -2.20. The lowest BCUT2D eigenvalue weighted by atomic mass is 9.97. The van der Waals surface area contributed by atoms with Crippen LogP contribution < -0.4 is 5.32 Å². The Bertz CT molecular complexity index is 502. The molecule has 5 atom stereocenters. The summed E-state index contributed by atoms with van der Waals surface area (Å²) in [6.45, 7) is -0.426. The Hall–Kier alpha value is -1.68. The molecule has 0 bridgehead atoms. The zero-order chi connectivity index (χ0) is 13.6. The van der Waals surface area contributed by atoms with E-state index < -0.39 is 43.0 Å². The summed E-state index contributed by atoms with van der Waals surface area (Å²) in [4.78, 5) is 15.5. The van der Waals surface area contributed by atoms with Crippen molar-refractivity contribution < 1.29 is 24.9 Å². The number of nitrogens with zero attached hydrogens (tertiary/aromatic N) is 3. The summed E-state index contributed by atoms with van der Waals surface area (Å²) in [5.41, 5.74) is 0.374. The molecule has 3 aliphatic rings. The van der Waals surface area contributed by atoms with Crippen LogP contribution in [0, 0.1) is 0 Å². The van der Waals surface area contributed by atoms with Gasteiger partial charge >= 0.3 is 0 Å². The first-order valence-electron chi connectivity index (χ1n) is 5.73. The number of hydrogen-bond acceptors (Lipinski definition) is 8. The van der Waals surface area contributed by atoms with Crippen LogP contribution in [0.4, 0.5) is 0 Å². The predicted octanol–water partition coefficient (Wildman–Crippen LogP) is -3.19. The van der Waals surface area contributed by atoms with Gasteiger partial charge in [0.05, 0.1) is 12.9 Å². The standard InChI is InChI=1S/C10H12N4O5/c15-1-3-7(16)8(17)9(19-3)5-4-6(14-13-5)10(18)12-2-11-4/h2-4,7-9,15-17H,1H2,(H,11,12,18)/t3-,4?,7-,8+,9-/m0/s1. The summed E-state index contributed by atoms with van der Waals surface area (Å²) in [6.07, 6.45) is -3.07. The number of fused-ring (bicyclic) bond motifs is 1. The largest absolute Gasteiger partial charge is 0.394 e. The van der Waals surface area contributed by atoms with Gasteiger partial charge in [-0.2, -0.15) is 5.10 Å². The molecule has 3 heterocycles. The van der Waals surface area contributed by atoms with Crippen LogP contribution in [0.2, 0.25) is 0 Å². The fourth-order valence-corrected chi connectivity index (χ4v) is 2.28. The average Bonchev–Trinajstić information content (AvgIpc) is 2.94. The van der Waals surface area contributed by atoms with Crippen molar-refractivity contribution in [1.82, 2.24) is 5.32 Å². The molecule has 0 aromatic carbocycles. The fraction of sp³-hybridized carbons (Fsp3) is 0.600. The quantitative estimate of drug-likeness (QED) is 0.418. The zero-order valence-electron chi connectivity index (χ0n) is 9.67. The molecular formula is C10H12N4O5. The Morgan fingerprint density at radius 2 is 2.11 bits per heavy atom. The van der Waals surface area contributed by atoms with Crippen LogP contribution in [0.3, 0.4) is 0 Å². The molecule has 1 unspecified atom stereocenters. The fourth-order valence-electron chi connectivity index (χ4n) is 2.28. The molecule has 1 fully saturated rings. The summed E-state index contributed by atoms with van der Waals surface area (Å²) in [5, 5.41) is 38.5. The minimum absolute atomic E-state index is 0.121. The molecule has 0 aliphatic carbocycles. The lowest BCUT2D eigenvalue weighted by molar-refractivity contribution is -0.113. The highest BCUT2D eigenvalue weighted by Crippen LogP contribution is 2.26. The van der Waals surface area contributed by atoms with Crippen LogP contribution >= 0.6 is 0 Å². The van der Waals surface area contributed by atoms with Gasteiger partial charge in [-0.05, 0) is 0 Å². The second-order valence-electron chi connectivity index (χ2n) is 4.42. The number of ether oxygens (including phenoxy) is 1. The van der Waals surface area contributed by atoms with E-state index in [2.05, 4.69) is 20.5 Å². The molecule has 1 amide bonds. The maximum atomic E-state index is 11.5. The van der Waals surface area contributed by atoms with Gasteiger partial charge in [0.15, 0.2) is 5.71 Å². The lowest BCUT2D eigenvalue weighted by Crippen LogP contribution is -2.48. The Kier molecular flexibility index (Phi) is 2.90. The molecule has 0 saturated carbocycles. The van der Waals surface area contributed by atoms with Gasteiger partial charge in [-0.1, -0.05) is 0 Å². The van der Waals surface area contributed by atoms with E-state index in [-0.39, 0.29) is 11.4 Å². The van der Waals surface area contributed by atoms with Gasteiger partial charge in [0.1, 0.15) is 36.2 Å². The average molecular weight is 268 g/mol. The van der Waals surface area contributed by atoms with Gasteiger partial charge in [0.25, 0.3) is 5.91 Å². The molecule has 1 saturated heterocycles. The molecule has 102 valence electrons. The SMILES string of the molecule is O=C1NC=NC2C1=NN=C2[C@@H]1O[C@@H](CO)[C@H](O)[C@H]1O. The van der Waals surface area contributed by atoms with Crippen LogP contribution in [-0.4, -0.2) is 76.1 Å². The first-order valence-corrected chi connectivity index (χ1v) is 5.73. The highest BCUT2D eigenvalue weighted by atomic mass is 16.6. The summed E-state index contributed by atoms with van der Waals surface area (Å²) < 4.78 is 5.34. The summed E-state index contributed by atoms with van der Waals surface area (Å²) >= 11 is 0. The number of amides is 1. The molecule has 0 radical (unpaired) electrons. The van der Waals surface area contributed by atoms with Gasteiger partial charge in [-0.3, -0.25) is 9.79 Å². The maximum absolute atomic E-state index is 11.5. The topological polar surface area (TPSA) is 136 Å². The second-order valence-corrected chi connectivity index (χ2v) is 4.42. The highest BCUT2D eigenvalue weighted by molar-refractivity contribution is 6.49. The molecule has 0 spiro atoms. The monoisotopic (exact) mass is 268 g/mol. The normalized spacial score (nSPS) is 40.8. The third-order valence-electron chi connectivity index (χ3n) is 3.30. The first kappa shape index (κ1) is 12.4. The number of hydrogen-bond donors (Lipinski definition) is 4. The zero-order valence-corrected chi connectivity index (χ0v) is 9.67. The van der Waals surface area contributed by atoms with Gasteiger partial charge in [-0.25, -0.2) is 0 Å². The smallest absolute Gasteiger partial charge is 0.275 e. The van der Waals surface area contributed by atoms with Crippen molar-refractivity contribution in [1.29, 1.82) is 0 Å². The van der Waals surface area contributed by atoms with Crippen molar-refractivity contribution in [3.05, 3.63) is 0 Å². The van der Waals surface area contributed by atoms with Crippen molar-refractivity contribution in [3.8, 4) is 0 Å². The van der Waals surface area contributed by atoms with E-state index >= 15 is 0 Å². The molecule has 0 aromatic heterocycles. The van der Waals surface area contributed by atoms with Gasteiger partial charge in [0, 0.05) is 0 Å². The molecule has 19 heavy (non-hydrogen) atoms. The number of carbonyl (C=O) groups excluding carboxylic acids is 1. The minimum Gasteiger partial charge on any atom is -0.394 e. The summed E-state index contributed by atoms with van der Waals surface area (Å²) in [7, 11) is 0. The predicted molar refractivity (Wildman–Crippen MR) is 63.1 cm³/mol. The molecule has 3 rings (SSSR count). The van der Waals surface area contributed by atoms with E-state index in [1.165, 1.54) is 6.34 Å². The van der Waals surface area contributed by atoms with Gasteiger partial charge in [0.2, 0.25) is 0 Å². The second kappa shape index (κ2) is 4.46. The Morgan fingerprint density at radius 1 is 1.32 bits per heavy atom. The van der Waals surface area contributed by atoms with Crippen LogP contribution in [0.1, 0.15) is 0 Å². The molecule has 0 aromatic rings. The summed E-state index contributed by atoms with van der Waals surface area (Å²) in [5.74, 6) is -0.412. The third kappa shape index (κ3) is 1.78. The third-order valence-corrected chi connectivity index (χ3v) is 3.30. The van der Waals surface area contributed by atoms with Crippen molar-refractivity contribution in [2.75, 3.05) is 6.61 Å². The van der Waals surface area contributed by atoms with E-state index in [9.17, 15) is 15.0 Å². The molecule has 3 aliphatic heterocycles. The molecule has 9 heteroatoms. The maximum Gasteiger partial charge on any atom is 0.275 e. The Labute approximate surface area is 107 Å². The van der Waals surface area contributed by atoms with E-state index in [0.29, 0.717) is 0 Å². The van der Waals surface area contributed by atoms with E-state index in [1.807, 2.05) is 0 Å². The van der Waals surface area contributed by atoms with Crippen LogP contribution in [0.5, 0.6) is 0 Å². The number of rotatable bonds is 2. The van der Waals surface area contributed by atoms with Crippen LogP contribution in [-0.2, 0) is 9.53 Å². The Balaban J connectivity index is 1.84. The van der Waals surface area contributed by atoms with Crippen molar-refractivity contribution in [2.45, 2.75) is 30.5 Å². The molecule has 9 nitrogen and oxygen atoms in total. The molecule has 4 N–H and O–H groups in total. The van der Waals surface area contributed by atoms with E-state index in [4.69, 9.17) is 9.84 Å². The Morgan fingerprint density at radius 3 is 2.79 bits per heavy atom. The first-order chi connectivity index (χ1) is 9.13. The van der Waals surface area contributed by atoms with Gasteiger partial charge in [-0.15, -0.1) is 5.10 Å². The number of aliphatic hydroxyl groups excluding tert-OH is 3. The molecular weight excluding hydrogens is 256 g/mol. The van der Waals surface area contributed by atoms with Crippen molar-refractivity contribution in [3.63, 3.8) is 0 Å². The number of aliphatic imine (C=N–C) groups is 1. The van der Waals surface area contributed by atoms with Crippen molar-refractivity contribution >= 4 is 23.7 Å². The number of carbonyl (C=O) groups is 1. The highest BCUT2D eigenvalue weighted by Gasteiger charge is 2.49.